The van der Waals surface area contributed by atoms with Crippen LogP contribution in [0.3, 0.4) is 0 Å². The summed E-state index contributed by atoms with van der Waals surface area (Å²) in [5.74, 6) is -0.867. The third kappa shape index (κ3) is 4.61. The van der Waals surface area contributed by atoms with Crippen LogP contribution < -0.4 is 0 Å². The van der Waals surface area contributed by atoms with Gasteiger partial charge in [-0.1, -0.05) is 13.3 Å². The summed E-state index contributed by atoms with van der Waals surface area (Å²) in [5, 5.41) is 9.15. The summed E-state index contributed by atoms with van der Waals surface area (Å²) < 4.78 is 62.0. The van der Waals surface area contributed by atoms with E-state index in [0.717, 1.165) is 6.42 Å². The summed E-state index contributed by atoms with van der Waals surface area (Å²) in [6.07, 6.45) is -5.59. The number of unbranched alkanes of at least 4 members (excludes halogenated alkanes) is 1. The minimum atomic E-state index is -4.63. The van der Waals surface area contributed by atoms with Gasteiger partial charge >= 0.3 is 6.18 Å². The first-order valence-corrected chi connectivity index (χ1v) is 8.02. The fourth-order valence-electron chi connectivity index (χ4n) is 2.19. The van der Waals surface area contributed by atoms with Gasteiger partial charge in [0.15, 0.2) is 6.10 Å². The minimum absolute atomic E-state index is 0.0377. The molecule has 0 aliphatic carbocycles. The molecule has 1 saturated heterocycles. The van der Waals surface area contributed by atoms with Gasteiger partial charge in [-0.15, -0.1) is 0 Å². The van der Waals surface area contributed by atoms with Crippen LogP contribution in [-0.2, 0) is 10.0 Å². The van der Waals surface area contributed by atoms with E-state index in [1.165, 1.54) is 4.31 Å². The van der Waals surface area contributed by atoms with E-state index in [4.69, 9.17) is 5.11 Å². The van der Waals surface area contributed by atoms with Crippen LogP contribution >= 0.6 is 0 Å². The average molecular weight is 303 g/mol. The molecule has 1 N–H and O–H groups in total. The van der Waals surface area contributed by atoms with Gasteiger partial charge in [0.1, 0.15) is 0 Å². The number of rotatable bonds is 5. The van der Waals surface area contributed by atoms with Gasteiger partial charge in [0, 0.05) is 13.1 Å². The van der Waals surface area contributed by atoms with Crippen molar-refractivity contribution < 1.29 is 26.7 Å². The molecule has 1 rings (SSSR count). The van der Waals surface area contributed by atoms with Crippen molar-refractivity contribution in [3.63, 3.8) is 0 Å². The number of sulfonamides is 1. The molecule has 0 aromatic carbocycles. The van der Waals surface area contributed by atoms with Crippen LogP contribution in [0.25, 0.3) is 0 Å². The standard InChI is InChI=1S/C11H20F3NO3S/c1-2-3-8-19(17,18)15-6-4-9(5-7-15)10(16)11(12,13)14/h9-10,16H,2-8H2,1H3. The highest BCUT2D eigenvalue weighted by atomic mass is 32.2. The van der Waals surface area contributed by atoms with Crippen LogP contribution in [0.5, 0.6) is 0 Å². The Morgan fingerprint density at radius 2 is 1.84 bits per heavy atom. The molecule has 8 heteroatoms. The first-order chi connectivity index (χ1) is 8.68. The van der Waals surface area contributed by atoms with E-state index < -0.39 is 28.2 Å². The molecule has 1 fully saturated rings. The number of alkyl halides is 3. The molecule has 0 radical (unpaired) electrons. The number of hydrogen-bond donors (Lipinski definition) is 1. The van der Waals surface area contributed by atoms with Gasteiger partial charge in [0.05, 0.1) is 5.75 Å². The molecule has 0 aromatic rings. The van der Waals surface area contributed by atoms with Crippen molar-refractivity contribution in [3.05, 3.63) is 0 Å². The van der Waals surface area contributed by atoms with Crippen molar-refractivity contribution in [2.24, 2.45) is 5.92 Å². The van der Waals surface area contributed by atoms with Crippen molar-refractivity contribution >= 4 is 10.0 Å². The molecule has 1 heterocycles. The largest absolute Gasteiger partial charge is 0.414 e. The predicted molar refractivity (Wildman–Crippen MR) is 65.1 cm³/mol. The maximum atomic E-state index is 12.3. The number of aliphatic hydroxyl groups is 1. The zero-order chi connectivity index (χ0) is 14.7. The zero-order valence-corrected chi connectivity index (χ0v) is 11.7. The summed E-state index contributed by atoms with van der Waals surface area (Å²) in [7, 11) is -3.36. The summed E-state index contributed by atoms with van der Waals surface area (Å²) in [5.41, 5.74) is 0. The summed E-state index contributed by atoms with van der Waals surface area (Å²) in [6, 6.07) is 0. The molecule has 19 heavy (non-hydrogen) atoms. The highest BCUT2D eigenvalue weighted by molar-refractivity contribution is 7.89. The van der Waals surface area contributed by atoms with Crippen LogP contribution in [0.1, 0.15) is 32.6 Å². The third-order valence-electron chi connectivity index (χ3n) is 3.43. The molecule has 0 spiro atoms. The molecule has 1 aliphatic rings. The molecule has 0 saturated carbocycles. The van der Waals surface area contributed by atoms with Crippen LogP contribution in [0.15, 0.2) is 0 Å². The van der Waals surface area contributed by atoms with Gasteiger partial charge in [0.2, 0.25) is 10.0 Å². The molecule has 0 aromatic heterocycles. The Morgan fingerprint density at radius 3 is 2.26 bits per heavy atom. The molecule has 1 aliphatic heterocycles. The Balaban J connectivity index is 2.54. The lowest BCUT2D eigenvalue weighted by atomic mass is 9.92. The van der Waals surface area contributed by atoms with Crippen LogP contribution in [0, 0.1) is 5.92 Å². The topological polar surface area (TPSA) is 57.6 Å². The maximum Gasteiger partial charge on any atom is 0.414 e. The minimum Gasteiger partial charge on any atom is -0.383 e. The summed E-state index contributed by atoms with van der Waals surface area (Å²) in [4.78, 5) is 0. The van der Waals surface area contributed by atoms with Crippen molar-refractivity contribution in [1.82, 2.24) is 4.31 Å². The number of hydrogen-bond acceptors (Lipinski definition) is 3. The number of nitrogens with zero attached hydrogens (tertiary/aromatic N) is 1. The number of piperidine rings is 1. The molecular formula is C11H20F3NO3S. The molecule has 1 unspecified atom stereocenters. The van der Waals surface area contributed by atoms with E-state index in [1.807, 2.05) is 6.92 Å². The normalized spacial score (nSPS) is 21.5. The fourth-order valence-corrected chi connectivity index (χ4v) is 3.87. The average Bonchev–Trinajstić information content (AvgIpc) is 2.34. The molecule has 0 amide bonds. The molecule has 114 valence electrons. The van der Waals surface area contributed by atoms with Crippen LogP contribution in [0.2, 0.25) is 0 Å². The third-order valence-corrected chi connectivity index (χ3v) is 5.39. The Kier molecular flexibility index (Phi) is 5.64. The maximum absolute atomic E-state index is 12.3. The van der Waals surface area contributed by atoms with Gasteiger partial charge in [-0.3, -0.25) is 0 Å². The predicted octanol–water partition coefficient (Wildman–Crippen LogP) is 1.75. The highest BCUT2D eigenvalue weighted by Crippen LogP contribution is 2.32. The van der Waals surface area contributed by atoms with Gasteiger partial charge in [-0.2, -0.15) is 13.2 Å². The Hall–Kier alpha value is -0.340. The second-order valence-electron chi connectivity index (χ2n) is 4.89. The zero-order valence-electron chi connectivity index (χ0n) is 10.9. The van der Waals surface area contributed by atoms with Gasteiger partial charge in [-0.25, -0.2) is 12.7 Å². The van der Waals surface area contributed by atoms with E-state index in [2.05, 4.69) is 0 Å². The van der Waals surface area contributed by atoms with Gasteiger partial charge in [0.25, 0.3) is 0 Å². The second kappa shape index (κ2) is 6.41. The highest BCUT2D eigenvalue weighted by Gasteiger charge is 2.44. The van der Waals surface area contributed by atoms with E-state index in [0.29, 0.717) is 6.42 Å². The Morgan fingerprint density at radius 1 is 1.32 bits per heavy atom. The quantitative estimate of drug-likeness (QED) is 0.842. The molecular weight excluding hydrogens is 283 g/mol. The Labute approximate surface area is 111 Å². The van der Waals surface area contributed by atoms with E-state index in [9.17, 15) is 21.6 Å². The van der Waals surface area contributed by atoms with E-state index in [-0.39, 0.29) is 31.7 Å². The molecule has 0 bridgehead atoms. The SMILES string of the molecule is CCCCS(=O)(=O)N1CCC(C(O)C(F)(F)F)CC1. The lowest BCUT2D eigenvalue weighted by Gasteiger charge is -2.34. The van der Waals surface area contributed by atoms with Crippen molar-refractivity contribution in [2.75, 3.05) is 18.8 Å². The number of halogens is 3. The lowest BCUT2D eigenvalue weighted by molar-refractivity contribution is -0.222. The molecule has 4 nitrogen and oxygen atoms in total. The smallest absolute Gasteiger partial charge is 0.383 e. The first kappa shape index (κ1) is 16.7. The fraction of sp³-hybridized carbons (Fsp3) is 1.00. The molecule has 1 atom stereocenters. The summed E-state index contributed by atoms with van der Waals surface area (Å²) in [6.45, 7) is 2.00. The Bertz CT molecular complexity index is 375. The van der Waals surface area contributed by atoms with Crippen molar-refractivity contribution in [2.45, 2.75) is 44.9 Å². The summed E-state index contributed by atoms with van der Waals surface area (Å²) >= 11 is 0. The first-order valence-electron chi connectivity index (χ1n) is 6.41. The monoisotopic (exact) mass is 303 g/mol. The number of aliphatic hydroxyl groups excluding tert-OH is 1. The van der Waals surface area contributed by atoms with E-state index >= 15 is 0 Å². The van der Waals surface area contributed by atoms with Crippen molar-refractivity contribution in [1.29, 1.82) is 0 Å². The lowest BCUT2D eigenvalue weighted by Crippen LogP contribution is -2.45. The van der Waals surface area contributed by atoms with Crippen molar-refractivity contribution in [3.8, 4) is 0 Å². The van der Waals surface area contributed by atoms with Crippen LogP contribution in [-0.4, -0.2) is 49.0 Å². The van der Waals surface area contributed by atoms with Gasteiger partial charge in [-0.05, 0) is 25.2 Å². The van der Waals surface area contributed by atoms with Gasteiger partial charge < -0.3 is 5.11 Å². The second-order valence-corrected chi connectivity index (χ2v) is 6.98. The van der Waals surface area contributed by atoms with E-state index in [1.54, 1.807) is 0 Å². The van der Waals surface area contributed by atoms with Crippen LogP contribution in [0.4, 0.5) is 13.2 Å².